The number of hydrogen-bond donors (Lipinski definition) is 1. The van der Waals surface area contributed by atoms with Crippen molar-refractivity contribution in [3.8, 4) is 0 Å². The minimum Gasteiger partial charge on any atom is -0.386 e. The highest BCUT2D eigenvalue weighted by Gasteiger charge is 2.48. The van der Waals surface area contributed by atoms with Gasteiger partial charge in [-0.25, -0.2) is 8.78 Å². The second-order valence-electron chi connectivity index (χ2n) is 9.07. The molecule has 0 bridgehead atoms. The van der Waals surface area contributed by atoms with Gasteiger partial charge in [0.15, 0.2) is 0 Å². The Balaban J connectivity index is 0.00000324. The van der Waals surface area contributed by atoms with E-state index in [1.54, 1.807) is 43.0 Å². The number of carbonyl (C=O) groups excluding carboxylic acids is 1. The minimum atomic E-state index is -1.17. The van der Waals surface area contributed by atoms with Crippen LogP contribution in [-0.4, -0.2) is 16.6 Å². The number of benzene rings is 3. The zero-order chi connectivity index (χ0) is 23.8. The van der Waals surface area contributed by atoms with Crippen molar-refractivity contribution >= 4 is 17.2 Å². The Kier molecular flexibility index (Phi) is 7.37. The van der Waals surface area contributed by atoms with Gasteiger partial charge in [-0.05, 0) is 80.3 Å². The summed E-state index contributed by atoms with van der Waals surface area (Å²) >= 11 is 0. The SMILES string of the molecule is C.Cc1ccc([C@@H]2[C@@H](C/C=C(/c3ccc(F)cc3)C(C)(C)O)C(=O)N2c2ccc(F)cc2)cc1. The summed E-state index contributed by atoms with van der Waals surface area (Å²) < 4.78 is 26.9. The van der Waals surface area contributed by atoms with Crippen molar-refractivity contribution in [2.24, 2.45) is 5.92 Å². The Morgan fingerprint density at radius 3 is 2.00 bits per heavy atom. The number of aliphatic hydroxyl groups is 1. The van der Waals surface area contributed by atoms with Gasteiger partial charge in [0, 0.05) is 5.69 Å². The highest BCUT2D eigenvalue weighted by molar-refractivity contribution is 6.03. The lowest BCUT2D eigenvalue weighted by molar-refractivity contribution is -0.130. The number of amides is 1. The summed E-state index contributed by atoms with van der Waals surface area (Å²) in [6, 6.07) is 19.7. The molecule has 4 rings (SSSR count). The molecule has 0 aromatic heterocycles. The van der Waals surface area contributed by atoms with E-state index in [-0.39, 0.29) is 36.9 Å². The van der Waals surface area contributed by atoms with Crippen LogP contribution in [0, 0.1) is 24.5 Å². The lowest BCUT2D eigenvalue weighted by Gasteiger charge is -2.47. The summed E-state index contributed by atoms with van der Waals surface area (Å²) in [5, 5.41) is 10.7. The summed E-state index contributed by atoms with van der Waals surface area (Å²) in [5.41, 5.74) is 2.94. The van der Waals surface area contributed by atoms with Crippen molar-refractivity contribution in [3.63, 3.8) is 0 Å². The first kappa shape index (κ1) is 25.3. The van der Waals surface area contributed by atoms with E-state index in [1.165, 1.54) is 24.3 Å². The van der Waals surface area contributed by atoms with Gasteiger partial charge in [0.2, 0.25) is 5.91 Å². The highest BCUT2D eigenvalue weighted by atomic mass is 19.1. The van der Waals surface area contributed by atoms with Crippen molar-refractivity contribution in [1.29, 1.82) is 0 Å². The lowest BCUT2D eigenvalue weighted by Crippen LogP contribution is -2.55. The molecule has 1 heterocycles. The monoisotopic (exact) mass is 463 g/mol. The lowest BCUT2D eigenvalue weighted by atomic mass is 9.78. The van der Waals surface area contributed by atoms with Gasteiger partial charge < -0.3 is 10.0 Å². The van der Waals surface area contributed by atoms with E-state index in [9.17, 15) is 18.7 Å². The standard InChI is InChI=1S/C28H27F2NO2.CH4/c1-18-4-6-20(7-5-18)26-24(27(32)31(26)23-14-12-22(30)13-15-23)16-17-25(28(2,3)33)19-8-10-21(29)11-9-19;/h4-15,17,24,26,33H,16H2,1-3H3;1H4/b25-17-;/t24-,26-;/m1./s1. The van der Waals surface area contributed by atoms with Crippen LogP contribution in [0.25, 0.3) is 5.57 Å². The molecular formula is C29H31F2NO2. The Bertz CT molecular complexity index is 1160. The molecule has 1 N–H and O–H groups in total. The van der Waals surface area contributed by atoms with Crippen LogP contribution in [0.4, 0.5) is 14.5 Å². The van der Waals surface area contributed by atoms with Crippen molar-refractivity contribution in [1.82, 2.24) is 0 Å². The number of rotatable bonds is 6. The molecule has 3 nitrogen and oxygen atoms in total. The first-order valence-corrected chi connectivity index (χ1v) is 11.0. The van der Waals surface area contributed by atoms with Crippen molar-refractivity contribution in [2.75, 3.05) is 4.90 Å². The fraction of sp³-hybridized carbons (Fsp3) is 0.276. The van der Waals surface area contributed by atoms with Crippen LogP contribution in [0.5, 0.6) is 0 Å². The second-order valence-corrected chi connectivity index (χ2v) is 9.07. The number of carbonyl (C=O) groups is 1. The predicted octanol–water partition coefficient (Wildman–Crippen LogP) is 6.86. The number of aryl methyl sites for hydroxylation is 1. The fourth-order valence-corrected chi connectivity index (χ4v) is 4.41. The Labute approximate surface area is 200 Å². The molecule has 34 heavy (non-hydrogen) atoms. The third-order valence-corrected chi connectivity index (χ3v) is 6.13. The van der Waals surface area contributed by atoms with Crippen LogP contribution in [-0.2, 0) is 4.79 Å². The highest BCUT2D eigenvalue weighted by Crippen LogP contribution is 2.46. The molecule has 5 heteroatoms. The topological polar surface area (TPSA) is 40.5 Å². The number of allylic oxidation sites excluding steroid dienone is 1. The molecule has 3 aromatic rings. The molecule has 3 aromatic carbocycles. The van der Waals surface area contributed by atoms with E-state index in [0.29, 0.717) is 23.2 Å². The van der Waals surface area contributed by atoms with Gasteiger partial charge in [-0.15, -0.1) is 0 Å². The molecule has 1 fully saturated rings. The van der Waals surface area contributed by atoms with Gasteiger partial charge in [-0.3, -0.25) is 4.79 Å². The van der Waals surface area contributed by atoms with Crippen molar-refractivity contribution in [2.45, 2.75) is 46.3 Å². The van der Waals surface area contributed by atoms with Crippen LogP contribution in [0.3, 0.4) is 0 Å². The quantitative estimate of drug-likeness (QED) is 0.406. The third-order valence-electron chi connectivity index (χ3n) is 6.13. The summed E-state index contributed by atoms with van der Waals surface area (Å²) in [6.45, 7) is 5.35. The largest absolute Gasteiger partial charge is 0.386 e. The predicted molar refractivity (Wildman–Crippen MR) is 133 cm³/mol. The molecule has 2 atom stereocenters. The zero-order valence-electron chi connectivity index (χ0n) is 18.9. The summed E-state index contributed by atoms with van der Waals surface area (Å²) in [7, 11) is 0. The number of β-lactam (4-membered cyclic amide) rings is 1. The van der Waals surface area contributed by atoms with Crippen LogP contribution >= 0.6 is 0 Å². The first-order valence-electron chi connectivity index (χ1n) is 11.0. The maximum atomic E-state index is 13.5. The van der Waals surface area contributed by atoms with Crippen molar-refractivity contribution < 1.29 is 18.7 Å². The first-order chi connectivity index (χ1) is 15.6. The smallest absolute Gasteiger partial charge is 0.233 e. The second kappa shape index (κ2) is 9.90. The van der Waals surface area contributed by atoms with E-state index in [0.717, 1.165) is 11.1 Å². The number of hydrogen-bond acceptors (Lipinski definition) is 2. The average molecular weight is 464 g/mol. The molecule has 0 spiro atoms. The van der Waals surface area contributed by atoms with Gasteiger partial charge in [0.25, 0.3) is 0 Å². The molecule has 0 saturated carbocycles. The van der Waals surface area contributed by atoms with Crippen LogP contribution in [0.15, 0.2) is 78.9 Å². The maximum absolute atomic E-state index is 13.5. The molecule has 1 aliphatic heterocycles. The Morgan fingerprint density at radius 2 is 1.47 bits per heavy atom. The van der Waals surface area contributed by atoms with Gasteiger partial charge in [-0.2, -0.15) is 0 Å². The molecule has 0 aliphatic carbocycles. The van der Waals surface area contributed by atoms with E-state index in [4.69, 9.17) is 0 Å². The van der Waals surface area contributed by atoms with Gasteiger partial charge >= 0.3 is 0 Å². The van der Waals surface area contributed by atoms with Crippen LogP contribution < -0.4 is 4.90 Å². The van der Waals surface area contributed by atoms with E-state index in [2.05, 4.69) is 0 Å². The molecular weight excluding hydrogens is 432 g/mol. The summed E-state index contributed by atoms with van der Waals surface area (Å²) in [6.07, 6.45) is 2.28. The zero-order valence-corrected chi connectivity index (χ0v) is 18.9. The molecule has 0 radical (unpaired) electrons. The maximum Gasteiger partial charge on any atom is 0.233 e. The van der Waals surface area contributed by atoms with Crippen molar-refractivity contribution in [3.05, 3.63) is 107 Å². The normalized spacial score (nSPS) is 18.4. The molecule has 0 unspecified atom stereocenters. The molecule has 178 valence electrons. The molecule has 1 aliphatic rings. The summed E-state index contributed by atoms with van der Waals surface area (Å²) in [4.78, 5) is 14.9. The van der Waals surface area contributed by atoms with Gasteiger partial charge in [0.1, 0.15) is 11.6 Å². The average Bonchev–Trinajstić information content (AvgIpc) is 2.77. The van der Waals surface area contributed by atoms with E-state index in [1.807, 2.05) is 37.3 Å². The molecule has 1 amide bonds. The Hall–Kier alpha value is -3.31. The third kappa shape index (κ3) is 5.10. The van der Waals surface area contributed by atoms with E-state index < -0.39 is 5.60 Å². The minimum absolute atomic E-state index is 0. The van der Waals surface area contributed by atoms with Crippen LogP contribution in [0.2, 0.25) is 0 Å². The van der Waals surface area contributed by atoms with Crippen LogP contribution in [0.1, 0.15) is 50.4 Å². The summed E-state index contributed by atoms with van der Waals surface area (Å²) in [5.74, 6) is -1.10. The van der Waals surface area contributed by atoms with E-state index >= 15 is 0 Å². The van der Waals surface area contributed by atoms with Gasteiger partial charge in [0.05, 0.1) is 17.6 Å². The number of anilines is 1. The Morgan fingerprint density at radius 1 is 0.941 bits per heavy atom. The number of nitrogens with zero attached hydrogens (tertiary/aromatic N) is 1. The number of halogens is 2. The molecule has 1 saturated heterocycles. The fourth-order valence-electron chi connectivity index (χ4n) is 4.41. The van der Waals surface area contributed by atoms with Gasteiger partial charge in [-0.1, -0.05) is 55.5 Å².